The minimum Gasteiger partial charge on any atom is -0.396 e. The van der Waals surface area contributed by atoms with E-state index in [9.17, 15) is 20.4 Å². The van der Waals surface area contributed by atoms with Gasteiger partial charge in [-0.05, 0) is 19.3 Å². The maximum absolute atomic E-state index is 9.79. The molecular formula is C14H22O4. The van der Waals surface area contributed by atoms with Crippen LogP contribution in [-0.4, -0.2) is 45.3 Å². The Labute approximate surface area is 108 Å². The van der Waals surface area contributed by atoms with E-state index in [0.29, 0.717) is 6.42 Å². The van der Waals surface area contributed by atoms with Crippen LogP contribution < -0.4 is 0 Å². The van der Waals surface area contributed by atoms with Crippen molar-refractivity contribution in [2.75, 3.05) is 6.61 Å². The van der Waals surface area contributed by atoms with Gasteiger partial charge in [0.2, 0.25) is 0 Å². The lowest BCUT2D eigenvalue weighted by atomic mass is 9.74. The van der Waals surface area contributed by atoms with E-state index < -0.39 is 24.2 Å². The van der Waals surface area contributed by atoms with Gasteiger partial charge in [0, 0.05) is 12.5 Å². The predicted octanol–water partition coefficient (Wildman–Crippen LogP) is 0.386. The Morgan fingerprint density at radius 1 is 1.00 bits per heavy atom. The van der Waals surface area contributed by atoms with Crippen molar-refractivity contribution < 1.29 is 20.4 Å². The average Bonchev–Trinajstić information content (AvgIpc) is 2.36. The second-order valence-corrected chi connectivity index (χ2v) is 4.59. The number of hydrogen-bond acceptors (Lipinski definition) is 4. The van der Waals surface area contributed by atoms with Crippen LogP contribution in [0.2, 0.25) is 0 Å². The lowest BCUT2D eigenvalue weighted by Crippen LogP contribution is -2.51. The first-order valence-electron chi connectivity index (χ1n) is 6.23. The third-order valence-corrected chi connectivity index (χ3v) is 3.34. The molecule has 102 valence electrons. The van der Waals surface area contributed by atoms with Gasteiger partial charge in [0.1, 0.15) is 6.10 Å². The van der Waals surface area contributed by atoms with E-state index in [0.717, 1.165) is 0 Å². The molecule has 0 heterocycles. The summed E-state index contributed by atoms with van der Waals surface area (Å²) in [6.45, 7) is 1.71. The van der Waals surface area contributed by atoms with Crippen LogP contribution in [0, 0.1) is 11.8 Å². The van der Waals surface area contributed by atoms with Crippen LogP contribution in [-0.2, 0) is 0 Å². The maximum atomic E-state index is 9.79. The smallest absolute Gasteiger partial charge is 0.106 e. The number of aliphatic hydroxyl groups is 4. The lowest BCUT2D eigenvalue weighted by Gasteiger charge is -2.39. The average molecular weight is 254 g/mol. The second-order valence-electron chi connectivity index (χ2n) is 4.59. The number of rotatable bonds is 4. The Balaban J connectivity index is 2.67. The topological polar surface area (TPSA) is 80.9 Å². The van der Waals surface area contributed by atoms with Gasteiger partial charge in [-0.15, -0.1) is 0 Å². The highest BCUT2D eigenvalue weighted by Crippen LogP contribution is 2.31. The molecule has 0 saturated heterocycles. The van der Waals surface area contributed by atoms with E-state index in [4.69, 9.17) is 0 Å². The first-order chi connectivity index (χ1) is 8.61. The van der Waals surface area contributed by atoms with Gasteiger partial charge in [0.15, 0.2) is 0 Å². The molecule has 1 aliphatic rings. The molecule has 0 amide bonds. The molecule has 0 aliphatic heterocycles. The van der Waals surface area contributed by atoms with Crippen molar-refractivity contribution in [1.29, 1.82) is 0 Å². The van der Waals surface area contributed by atoms with Crippen LogP contribution in [0.3, 0.4) is 0 Å². The highest BCUT2D eigenvalue weighted by atomic mass is 16.4. The summed E-state index contributed by atoms with van der Waals surface area (Å²) in [5.41, 5.74) is 0. The zero-order chi connectivity index (χ0) is 13.5. The molecule has 1 fully saturated rings. The van der Waals surface area contributed by atoms with Crippen molar-refractivity contribution in [3.05, 3.63) is 36.5 Å². The minimum atomic E-state index is -1.18. The highest BCUT2D eigenvalue weighted by molar-refractivity contribution is 5.13. The van der Waals surface area contributed by atoms with Gasteiger partial charge in [-0.3, -0.25) is 0 Å². The zero-order valence-electron chi connectivity index (χ0n) is 10.6. The van der Waals surface area contributed by atoms with Crippen molar-refractivity contribution in [3.8, 4) is 0 Å². The molecule has 0 spiro atoms. The SMILES string of the molecule is C/C=C/C=C/C=C/[C@H]1C[C@@H](O)[C@H](O)[C@H](O)[C@@H]1CO. The molecule has 0 bridgehead atoms. The maximum Gasteiger partial charge on any atom is 0.106 e. The summed E-state index contributed by atoms with van der Waals surface area (Å²) in [4.78, 5) is 0. The van der Waals surface area contributed by atoms with Crippen LogP contribution in [0.1, 0.15) is 13.3 Å². The molecule has 18 heavy (non-hydrogen) atoms. The van der Waals surface area contributed by atoms with Gasteiger partial charge in [0.25, 0.3) is 0 Å². The fourth-order valence-electron chi connectivity index (χ4n) is 2.24. The van der Waals surface area contributed by atoms with Crippen molar-refractivity contribution in [2.45, 2.75) is 31.7 Å². The monoisotopic (exact) mass is 254 g/mol. The van der Waals surface area contributed by atoms with Crippen molar-refractivity contribution >= 4 is 0 Å². The molecule has 1 saturated carbocycles. The molecule has 1 rings (SSSR count). The van der Waals surface area contributed by atoms with Crippen molar-refractivity contribution in [1.82, 2.24) is 0 Å². The zero-order valence-corrected chi connectivity index (χ0v) is 10.6. The van der Waals surface area contributed by atoms with E-state index in [-0.39, 0.29) is 12.5 Å². The van der Waals surface area contributed by atoms with Crippen LogP contribution in [0.15, 0.2) is 36.5 Å². The molecule has 4 N–H and O–H groups in total. The molecular weight excluding hydrogens is 232 g/mol. The Morgan fingerprint density at radius 2 is 1.67 bits per heavy atom. The number of allylic oxidation sites excluding steroid dienone is 6. The third-order valence-electron chi connectivity index (χ3n) is 3.34. The first kappa shape index (κ1) is 15.1. The fraction of sp³-hybridized carbons (Fsp3) is 0.571. The lowest BCUT2D eigenvalue weighted by molar-refractivity contribution is -0.131. The normalized spacial score (nSPS) is 38.2. The van der Waals surface area contributed by atoms with Gasteiger partial charge < -0.3 is 20.4 Å². The molecule has 0 unspecified atom stereocenters. The minimum absolute atomic E-state index is 0.140. The molecule has 4 nitrogen and oxygen atoms in total. The summed E-state index contributed by atoms with van der Waals surface area (Å²) in [7, 11) is 0. The summed E-state index contributed by atoms with van der Waals surface area (Å²) >= 11 is 0. The van der Waals surface area contributed by atoms with E-state index >= 15 is 0 Å². The van der Waals surface area contributed by atoms with Crippen molar-refractivity contribution in [2.24, 2.45) is 11.8 Å². The van der Waals surface area contributed by atoms with E-state index in [1.54, 1.807) is 0 Å². The largest absolute Gasteiger partial charge is 0.396 e. The Morgan fingerprint density at radius 3 is 2.28 bits per heavy atom. The summed E-state index contributed by atoms with van der Waals surface area (Å²) in [5.74, 6) is -0.576. The molecule has 1 aliphatic carbocycles. The Bertz CT molecular complexity index is 322. The van der Waals surface area contributed by atoms with Gasteiger partial charge in [-0.2, -0.15) is 0 Å². The summed E-state index contributed by atoms with van der Waals surface area (Å²) < 4.78 is 0. The molecule has 0 aromatic carbocycles. The fourth-order valence-corrected chi connectivity index (χ4v) is 2.24. The molecule has 5 atom stereocenters. The summed E-state index contributed by atoms with van der Waals surface area (Å²) in [6.07, 6.45) is 8.32. The van der Waals surface area contributed by atoms with Crippen LogP contribution in [0.5, 0.6) is 0 Å². The predicted molar refractivity (Wildman–Crippen MR) is 69.8 cm³/mol. The van der Waals surface area contributed by atoms with E-state index in [1.165, 1.54) is 0 Å². The van der Waals surface area contributed by atoms with E-state index in [1.807, 2.05) is 43.4 Å². The Kier molecular flexibility index (Phi) is 6.29. The van der Waals surface area contributed by atoms with Gasteiger partial charge in [-0.25, -0.2) is 0 Å². The molecule has 0 radical (unpaired) electrons. The van der Waals surface area contributed by atoms with Crippen LogP contribution >= 0.6 is 0 Å². The van der Waals surface area contributed by atoms with Gasteiger partial charge >= 0.3 is 0 Å². The molecule has 0 aromatic rings. The quantitative estimate of drug-likeness (QED) is 0.547. The molecule has 0 aromatic heterocycles. The van der Waals surface area contributed by atoms with Gasteiger partial charge in [-0.1, -0.05) is 36.5 Å². The first-order valence-corrected chi connectivity index (χ1v) is 6.23. The standard InChI is InChI=1S/C14H22O4/c1-2-3-4-5-6-7-10-8-12(16)14(18)13(17)11(10)9-15/h2-7,10-18H,8-9H2,1H3/b3-2+,5-4+,7-6+/t10-,11+,12+,13+,14-/m0/s1. The highest BCUT2D eigenvalue weighted by Gasteiger charge is 2.41. The summed E-state index contributed by atoms with van der Waals surface area (Å²) in [5, 5.41) is 38.2. The van der Waals surface area contributed by atoms with Gasteiger partial charge in [0.05, 0.1) is 12.2 Å². The number of aliphatic hydroxyl groups excluding tert-OH is 4. The van der Waals surface area contributed by atoms with Crippen LogP contribution in [0.4, 0.5) is 0 Å². The number of hydrogen-bond donors (Lipinski definition) is 4. The second kappa shape index (κ2) is 7.48. The Hall–Kier alpha value is -0.940. The summed E-state index contributed by atoms with van der Waals surface area (Å²) in [6, 6.07) is 0. The van der Waals surface area contributed by atoms with E-state index in [2.05, 4.69) is 0 Å². The third kappa shape index (κ3) is 3.78. The van der Waals surface area contributed by atoms with Crippen molar-refractivity contribution in [3.63, 3.8) is 0 Å². The molecule has 4 heteroatoms. The van der Waals surface area contributed by atoms with Crippen LogP contribution in [0.25, 0.3) is 0 Å².